The van der Waals surface area contributed by atoms with E-state index in [2.05, 4.69) is 0 Å². The van der Waals surface area contributed by atoms with Crippen LogP contribution in [-0.2, 0) is 0 Å². The van der Waals surface area contributed by atoms with E-state index in [9.17, 15) is 19.2 Å². The SMILES string of the molecule is CC[C@H](C)N1C(=O)c2ccc(C(=O)Oc3ccc4c(=O)c(Oc5ccc(C)cc5)coc4c3)cc2C1=O. The molecule has 37 heavy (non-hydrogen) atoms. The largest absolute Gasteiger partial charge is 0.460 e. The molecule has 4 aromatic rings. The number of hydrogen-bond donors (Lipinski definition) is 0. The van der Waals surface area contributed by atoms with Crippen molar-refractivity contribution in [1.82, 2.24) is 4.90 Å². The number of nitrogens with zero attached hydrogens (tertiary/aromatic N) is 1. The summed E-state index contributed by atoms with van der Waals surface area (Å²) in [5, 5.41) is 0.260. The van der Waals surface area contributed by atoms with E-state index in [1.54, 1.807) is 19.1 Å². The van der Waals surface area contributed by atoms with Crippen LogP contribution in [-0.4, -0.2) is 28.7 Å². The molecule has 2 amide bonds. The van der Waals surface area contributed by atoms with Gasteiger partial charge in [0.15, 0.2) is 0 Å². The molecule has 0 N–H and O–H groups in total. The summed E-state index contributed by atoms with van der Waals surface area (Å²) >= 11 is 0. The van der Waals surface area contributed by atoms with Gasteiger partial charge in [0.1, 0.15) is 23.3 Å². The number of hydrogen-bond acceptors (Lipinski definition) is 7. The van der Waals surface area contributed by atoms with Crippen molar-refractivity contribution < 1.29 is 28.3 Å². The highest BCUT2D eigenvalue weighted by atomic mass is 16.5. The molecule has 8 nitrogen and oxygen atoms in total. The number of esters is 1. The minimum atomic E-state index is -0.717. The molecule has 0 saturated heterocycles. The van der Waals surface area contributed by atoms with E-state index in [4.69, 9.17) is 13.9 Å². The quantitative estimate of drug-likeness (QED) is 0.197. The molecule has 1 aliphatic heterocycles. The van der Waals surface area contributed by atoms with Gasteiger partial charge in [0.05, 0.1) is 22.1 Å². The summed E-state index contributed by atoms with van der Waals surface area (Å²) < 4.78 is 16.7. The van der Waals surface area contributed by atoms with Crippen LogP contribution < -0.4 is 14.9 Å². The van der Waals surface area contributed by atoms with Gasteiger partial charge in [-0.25, -0.2) is 4.79 Å². The Morgan fingerprint density at radius 3 is 2.35 bits per heavy atom. The highest BCUT2D eigenvalue weighted by Gasteiger charge is 2.38. The smallest absolute Gasteiger partial charge is 0.343 e. The van der Waals surface area contributed by atoms with E-state index in [0.717, 1.165) is 5.56 Å². The van der Waals surface area contributed by atoms with E-state index in [0.29, 0.717) is 12.2 Å². The average Bonchev–Trinajstić information content (AvgIpc) is 3.15. The van der Waals surface area contributed by atoms with Crippen LogP contribution in [0, 0.1) is 6.92 Å². The van der Waals surface area contributed by atoms with Gasteiger partial charge in [0.2, 0.25) is 11.2 Å². The third kappa shape index (κ3) is 4.38. The van der Waals surface area contributed by atoms with Gasteiger partial charge in [0.25, 0.3) is 11.8 Å². The van der Waals surface area contributed by atoms with Gasteiger partial charge in [-0.05, 0) is 62.7 Å². The molecule has 5 rings (SSSR count). The fourth-order valence-corrected chi connectivity index (χ4v) is 4.09. The number of fused-ring (bicyclic) bond motifs is 2. The topological polar surface area (TPSA) is 103 Å². The Hall–Kier alpha value is -4.72. The van der Waals surface area contributed by atoms with Crippen molar-refractivity contribution in [1.29, 1.82) is 0 Å². The lowest BCUT2D eigenvalue weighted by Gasteiger charge is -2.20. The highest BCUT2D eigenvalue weighted by molar-refractivity contribution is 6.22. The summed E-state index contributed by atoms with van der Waals surface area (Å²) in [6.07, 6.45) is 1.83. The zero-order valence-corrected chi connectivity index (χ0v) is 20.4. The number of imide groups is 1. The van der Waals surface area contributed by atoms with Gasteiger partial charge in [0, 0.05) is 12.1 Å². The van der Waals surface area contributed by atoms with Crippen molar-refractivity contribution >= 4 is 28.8 Å². The number of ether oxygens (including phenoxy) is 2. The Morgan fingerprint density at radius 1 is 0.919 bits per heavy atom. The van der Waals surface area contributed by atoms with Gasteiger partial charge >= 0.3 is 5.97 Å². The molecule has 0 radical (unpaired) electrons. The van der Waals surface area contributed by atoms with Crippen molar-refractivity contribution in [2.75, 3.05) is 0 Å². The molecule has 0 bridgehead atoms. The van der Waals surface area contributed by atoms with Gasteiger partial charge < -0.3 is 13.9 Å². The first-order chi connectivity index (χ1) is 17.8. The second-order valence-electron chi connectivity index (χ2n) is 8.89. The summed E-state index contributed by atoms with van der Waals surface area (Å²) in [6, 6.07) is 15.7. The zero-order chi connectivity index (χ0) is 26.3. The van der Waals surface area contributed by atoms with Crippen molar-refractivity contribution in [3.8, 4) is 17.2 Å². The fourth-order valence-electron chi connectivity index (χ4n) is 4.09. The lowest BCUT2D eigenvalue weighted by Crippen LogP contribution is -2.37. The summed E-state index contributed by atoms with van der Waals surface area (Å²) in [5.41, 5.74) is 1.46. The minimum absolute atomic E-state index is 0.0323. The van der Waals surface area contributed by atoms with Gasteiger partial charge in [-0.3, -0.25) is 19.3 Å². The second kappa shape index (κ2) is 9.39. The number of aryl methyl sites for hydroxylation is 1. The maximum Gasteiger partial charge on any atom is 0.343 e. The van der Waals surface area contributed by atoms with Crippen molar-refractivity contribution in [3.05, 3.63) is 99.4 Å². The third-order valence-corrected chi connectivity index (χ3v) is 6.36. The predicted molar refractivity (Wildman–Crippen MR) is 135 cm³/mol. The number of carbonyl (C=O) groups is 3. The first-order valence-electron chi connectivity index (χ1n) is 11.8. The monoisotopic (exact) mass is 497 g/mol. The zero-order valence-electron chi connectivity index (χ0n) is 20.4. The first kappa shape index (κ1) is 24.0. The molecular weight excluding hydrogens is 474 g/mol. The van der Waals surface area contributed by atoms with Crippen molar-refractivity contribution in [2.24, 2.45) is 0 Å². The molecule has 8 heteroatoms. The van der Waals surface area contributed by atoms with Crippen LogP contribution in [0.2, 0.25) is 0 Å². The van der Waals surface area contributed by atoms with Gasteiger partial charge in [-0.15, -0.1) is 0 Å². The maximum atomic E-state index is 12.9. The summed E-state index contributed by atoms with van der Waals surface area (Å²) in [6.45, 7) is 5.64. The van der Waals surface area contributed by atoms with E-state index in [1.165, 1.54) is 47.6 Å². The number of carbonyl (C=O) groups excluding carboxylic acids is 3. The standard InChI is InChI=1S/C29H23NO7/c1-4-17(3)30-27(32)21-11-7-18(13-23(21)28(30)33)29(34)37-20-10-12-22-24(14-20)35-15-25(26(22)31)36-19-8-5-16(2)6-9-19/h5-15,17H,4H2,1-3H3/t17-/m0/s1. The molecule has 3 aromatic carbocycles. The molecule has 0 fully saturated rings. The Balaban J connectivity index is 1.36. The Bertz CT molecular complexity index is 1620. The molecule has 1 atom stereocenters. The van der Waals surface area contributed by atoms with Crippen LogP contribution in [0.4, 0.5) is 0 Å². The second-order valence-corrected chi connectivity index (χ2v) is 8.89. The van der Waals surface area contributed by atoms with E-state index in [1.807, 2.05) is 26.0 Å². The average molecular weight is 498 g/mol. The van der Waals surface area contributed by atoms with E-state index >= 15 is 0 Å². The van der Waals surface area contributed by atoms with Crippen LogP contribution in [0.3, 0.4) is 0 Å². The molecule has 0 aliphatic carbocycles. The minimum Gasteiger partial charge on any atom is -0.460 e. The summed E-state index contributed by atoms with van der Waals surface area (Å²) in [5.74, 6) is -0.831. The van der Waals surface area contributed by atoms with Crippen LogP contribution >= 0.6 is 0 Å². The van der Waals surface area contributed by atoms with Gasteiger partial charge in [-0.2, -0.15) is 0 Å². The summed E-state index contributed by atoms with van der Waals surface area (Å²) in [4.78, 5) is 52.3. The molecule has 186 valence electrons. The van der Waals surface area contributed by atoms with Crippen LogP contribution in [0.25, 0.3) is 11.0 Å². The molecule has 0 spiro atoms. The highest BCUT2D eigenvalue weighted by Crippen LogP contribution is 2.28. The van der Waals surface area contributed by atoms with Crippen LogP contribution in [0.1, 0.15) is 56.9 Å². The van der Waals surface area contributed by atoms with E-state index in [-0.39, 0.29) is 56.5 Å². The lowest BCUT2D eigenvalue weighted by atomic mass is 10.1. The number of benzene rings is 3. The Labute approximate surface area is 212 Å². The molecular formula is C29H23NO7. The maximum absolute atomic E-state index is 12.9. The molecule has 2 heterocycles. The first-order valence-corrected chi connectivity index (χ1v) is 11.8. The van der Waals surface area contributed by atoms with Crippen LogP contribution in [0.5, 0.6) is 17.2 Å². The van der Waals surface area contributed by atoms with E-state index < -0.39 is 11.9 Å². The third-order valence-electron chi connectivity index (χ3n) is 6.36. The Kier molecular flexibility index (Phi) is 6.09. The number of amides is 2. The van der Waals surface area contributed by atoms with Gasteiger partial charge in [-0.1, -0.05) is 24.6 Å². The predicted octanol–water partition coefficient (Wildman–Crippen LogP) is 5.51. The molecule has 0 unspecified atom stereocenters. The lowest BCUT2D eigenvalue weighted by molar-refractivity contribution is 0.0593. The van der Waals surface area contributed by atoms with Crippen molar-refractivity contribution in [3.63, 3.8) is 0 Å². The molecule has 0 saturated carbocycles. The molecule has 1 aliphatic rings. The van der Waals surface area contributed by atoms with Crippen LogP contribution in [0.15, 0.2) is 76.1 Å². The molecule has 1 aromatic heterocycles. The normalized spacial score (nSPS) is 13.5. The Morgan fingerprint density at radius 2 is 1.62 bits per heavy atom. The fraction of sp³-hybridized carbons (Fsp3) is 0.172. The number of rotatable bonds is 6. The van der Waals surface area contributed by atoms with Crippen molar-refractivity contribution in [2.45, 2.75) is 33.2 Å². The summed E-state index contributed by atoms with van der Waals surface area (Å²) in [7, 11) is 0.